The van der Waals surface area contributed by atoms with E-state index in [0.717, 1.165) is 35.6 Å². The molecule has 2 unspecified atom stereocenters. The molecule has 3 rings (SSSR count). The molecule has 0 amide bonds. The Bertz CT molecular complexity index is 609. The van der Waals surface area contributed by atoms with Crippen LogP contribution < -0.4 is 16.0 Å². The lowest BCUT2D eigenvalue weighted by molar-refractivity contribution is 0.767. The van der Waals surface area contributed by atoms with Gasteiger partial charge >= 0.3 is 0 Å². The summed E-state index contributed by atoms with van der Waals surface area (Å²) < 4.78 is 1.22. The number of hydrogen-bond acceptors (Lipinski definition) is 4. The molecule has 2 aromatic rings. The fourth-order valence-corrected chi connectivity index (χ4v) is 3.08. The maximum Gasteiger partial charge on any atom is 0.191 e. The summed E-state index contributed by atoms with van der Waals surface area (Å²) in [6.07, 6.45) is 1.24. The summed E-state index contributed by atoms with van der Waals surface area (Å²) in [5.74, 6) is 1.65. The van der Waals surface area contributed by atoms with Crippen LogP contribution in [0.2, 0.25) is 0 Å². The lowest BCUT2D eigenvalue weighted by Gasteiger charge is -2.11. The van der Waals surface area contributed by atoms with Gasteiger partial charge in [0.25, 0.3) is 0 Å². The molecule has 0 aliphatic heterocycles. The monoisotopic (exact) mass is 431 g/mol. The van der Waals surface area contributed by atoms with Gasteiger partial charge in [0.2, 0.25) is 0 Å². The van der Waals surface area contributed by atoms with Crippen LogP contribution in [0.1, 0.15) is 13.3 Å². The molecule has 1 aromatic carbocycles. The number of nitrogens with one attached hydrogen (secondary N) is 3. The van der Waals surface area contributed by atoms with E-state index in [-0.39, 0.29) is 24.0 Å². The largest absolute Gasteiger partial charge is 0.360 e. The van der Waals surface area contributed by atoms with Crippen LogP contribution in [-0.4, -0.2) is 37.1 Å². The molecule has 2 atom stereocenters. The van der Waals surface area contributed by atoms with E-state index in [9.17, 15) is 0 Å². The van der Waals surface area contributed by atoms with Gasteiger partial charge in [-0.1, -0.05) is 30.4 Å². The number of guanidine groups is 1. The Morgan fingerprint density at radius 2 is 2.14 bits per heavy atom. The lowest BCUT2D eigenvalue weighted by atomic mass is 10.3. The number of aliphatic imine (C=N–C) groups is 1. The Balaban J connectivity index is 0.00000176. The third-order valence-corrected chi connectivity index (χ3v) is 4.64. The first-order valence-electron chi connectivity index (χ1n) is 7.33. The summed E-state index contributed by atoms with van der Waals surface area (Å²) in [5, 5.41) is 11.0. The molecule has 1 aliphatic rings. The van der Waals surface area contributed by atoms with Gasteiger partial charge in [-0.05, 0) is 24.5 Å². The van der Waals surface area contributed by atoms with E-state index >= 15 is 0 Å². The van der Waals surface area contributed by atoms with Gasteiger partial charge in [-0.15, -0.1) is 24.0 Å². The molecule has 22 heavy (non-hydrogen) atoms. The van der Waals surface area contributed by atoms with Gasteiger partial charge in [0, 0.05) is 26.2 Å². The zero-order valence-corrected chi connectivity index (χ0v) is 15.9. The third kappa shape index (κ3) is 4.45. The minimum absolute atomic E-state index is 0. The van der Waals surface area contributed by atoms with Crippen molar-refractivity contribution in [2.45, 2.75) is 19.4 Å². The van der Waals surface area contributed by atoms with Crippen LogP contribution in [0.4, 0.5) is 5.13 Å². The summed E-state index contributed by atoms with van der Waals surface area (Å²) in [6, 6.07) is 8.78. The van der Waals surface area contributed by atoms with E-state index in [1.807, 2.05) is 25.2 Å². The molecule has 0 bridgehead atoms. The summed E-state index contributed by atoms with van der Waals surface area (Å²) in [5.41, 5.74) is 1.05. The maximum atomic E-state index is 4.55. The quantitative estimate of drug-likeness (QED) is 0.295. The average molecular weight is 431 g/mol. The van der Waals surface area contributed by atoms with Gasteiger partial charge < -0.3 is 16.0 Å². The minimum Gasteiger partial charge on any atom is -0.360 e. The SMILES string of the molecule is CN=C(NCCNc1nc2ccccc2s1)NC1CC1C.I. The van der Waals surface area contributed by atoms with E-state index in [0.29, 0.717) is 6.04 Å². The summed E-state index contributed by atoms with van der Waals surface area (Å²) in [6.45, 7) is 3.89. The van der Waals surface area contributed by atoms with Crippen LogP contribution in [0.5, 0.6) is 0 Å². The standard InChI is InChI=1S/C15H21N5S.HI/c1-10-9-12(10)19-14(16-2)17-7-8-18-15-20-11-5-3-4-6-13(11)21-15;/h3-6,10,12H,7-9H2,1-2H3,(H,18,20)(H2,16,17,19);1H. The number of anilines is 1. The summed E-state index contributed by atoms with van der Waals surface area (Å²) in [4.78, 5) is 8.79. The molecule has 1 heterocycles. The summed E-state index contributed by atoms with van der Waals surface area (Å²) in [7, 11) is 1.81. The molecule has 7 heteroatoms. The number of para-hydroxylation sites is 1. The first-order valence-corrected chi connectivity index (χ1v) is 8.14. The number of halogens is 1. The smallest absolute Gasteiger partial charge is 0.191 e. The molecule has 1 aromatic heterocycles. The number of nitrogens with zero attached hydrogens (tertiary/aromatic N) is 2. The molecule has 0 saturated heterocycles. The van der Waals surface area contributed by atoms with Crippen molar-refractivity contribution in [1.29, 1.82) is 0 Å². The molecular formula is C15H22IN5S. The Labute approximate surface area is 152 Å². The molecule has 1 aliphatic carbocycles. The zero-order valence-electron chi connectivity index (χ0n) is 12.8. The lowest BCUT2D eigenvalue weighted by Crippen LogP contribution is -2.41. The van der Waals surface area contributed by atoms with Crippen molar-refractivity contribution in [2.75, 3.05) is 25.5 Å². The summed E-state index contributed by atoms with van der Waals surface area (Å²) >= 11 is 1.69. The third-order valence-electron chi connectivity index (χ3n) is 3.64. The van der Waals surface area contributed by atoms with Crippen LogP contribution >= 0.6 is 35.3 Å². The fourth-order valence-electron chi connectivity index (χ4n) is 2.19. The number of fused-ring (bicyclic) bond motifs is 1. The van der Waals surface area contributed by atoms with Crippen molar-refractivity contribution >= 4 is 56.6 Å². The molecule has 3 N–H and O–H groups in total. The Hall–Kier alpha value is -1.09. The van der Waals surface area contributed by atoms with E-state index < -0.39 is 0 Å². The average Bonchev–Trinajstić information content (AvgIpc) is 3.02. The molecule has 0 spiro atoms. The highest BCUT2D eigenvalue weighted by Gasteiger charge is 2.33. The predicted molar refractivity (Wildman–Crippen MR) is 106 cm³/mol. The fraction of sp³-hybridized carbons (Fsp3) is 0.467. The second kappa shape index (κ2) is 7.96. The van der Waals surface area contributed by atoms with Crippen LogP contribution in [0, 0.1) is 5.92 Å². The van der Waals surface area contributed by atoms with Crippen LogP contribution in [0.25, 0.3) is 10.2 Å². The second-order valence-corrected chi connectivity index (χ2v) is 6.41. The van der Waals surface area contributed by atoms with Crippen molar-refractivity contribution in [2.24, 2.45) is 10.9 Å². The number of thiazole rings is 1. The molecule has 5 nitrogen and oxygen atoms in total. The van der Waals surface area contributed by atoms with Crippen molar-refractivity contribution in [3.05, 3.63) is 24.3 Å². The first-order chi connectivity index (χ1) is 10.3. The van der Waals surface area contributed by atoms with Gasteiger partial charge in [0.1, 0.15) is 0 Å². The number of hydrogen-bond donors (Lipinski definition) is 3. The van der Waals surface area contributed by atoms with E-state index in [1.54, 1.807) is 11.3 Å². The molecule has 120 valence electrons. The van der Waals surface area contributed by atoms with E-state index in [4.69, 9.17) is 0 Å². The number of benzene rings is 1. The van der Waals surface area contributed by atoms with Gasteiger partial charge in [-0.2, -0.15) is 0 Å². The van der Waals surface area contributed by atoms with Crippen molar-refractivity contribution < 1.29 is 0 Å². The number of rotatable bonds is 5. The minimum atomic E-state index is 0. The van der Waals surface area contributed by atoms with Gasteiger partial charge in [-0.3, -0.25) is 4.99 Å². The van der Waals surface area contributed by atoms with Gasteiger partial charge in [0.05, 0.1) is 10.2 Å². The van der Waals surface area contributed by atoms with Crippen LogP contribution in [0.3, 0.4) is 0 Å². The molecule has 1 saturated carbocycles. The first kappa shape index (κ1) is 17.3. The van der Waals surface area contributed by atoms with E-state index in [2.05, 4.69) is 38.9 Å². The highest BCUT2D eigenvalue weighted by Crippen LogP contribution is 2.28. The van der Waals surface area contributed by atoms with Crippen LogP contribution in [0.15, 0.2) is 29.3 Å². The molecular weight excluding hydrogens is 409 g/mol. The van der Waals surface area contributed by atoms with Crippen molar-refractivity contribution in [1.82, 2.24) is 15.6 Å². The van der Waals surface area contributed by atoms with Crippen molar-refractivity contribution in [3.63, 3.8) is 0 Å². The van der Waals surface area contributed by atoms with E-state index in [1.165, 1.54) is 11.1 Å². The zero-order chi connectivity index (χ0) is 14.7. The normalized spacial score (nSPS) is 20.4. The topological polar surface area (TPSA) is 61.3 Å². The molecule has 1 fully saturated rings. The maximum absolute atomic E-state index is 4.55. The Morgan fingerprint density at radius 1 is 1.36 bits per heavy atom. The van der Waals surface area contributed by atoms with Crippen molar-refractivity contribution in [3.8, 4) is 0 Å². The number of aromatic nitrogens is 1. The second-order valence-electron chi connectivity index (χ2n) is 5.38. The Kier molecular flexibility index (Phi) is 6.25. The highest BCUT2D eigenvalue weighted by molar-refractivity contribution is 14.0. The highest BCUT2D eigenvalue weighted by atomic mass is 127. The molecule has 0 radical (unpaired) electrons. The van der Waals surface area contributed by atoms with Gasteiger partial charge in [0.15, 0.2) is 11.1 Å². The van der Waals surface area contributed by atoms with Crippen LogP contribution in [-0.2, 0) is 0 Å². The predicted octanol–water partition coefficient (Wildman–Crippen LogP) is 2.90. The van der Waals surface area contributed by atoms with Gasteiger partial charge in [-0.25, -0.2) is 4.98 Å². The Morgan fingerprint density at radius 3 is 2.82 bits per heavy atom.